The number of hydrogen-bond donors (Lipinski definition) is 0. The molecule has 0 bridgehead atoms. The van der Waals surface area contributed by atoms with Crippen LogP contribution in [-0.4, -0.2) is 9.55 Å². The highest BCUT2D eigenvalue weighted by Gasteiger charge is 2.24. The fourth-order valence-corrected chi connectivity index (χ4v) is 4.19. The lowest BCUT2D eigenvalue weighted by Gasteiger charge is -2.11. The second-order valence-corrected chi connectivity index (χ2v) is 6.47. The fourth-order valence-electron chi connectivity index (χ4n) is 4.19. The first-order valence-electron chi connectivity index (χ1n) is 8.51. The summed E-state index contributed by atoms with van der Waals surface area (Å²) in [7, 11) is 0. The van der Waals surface area contributed by atoms with E-state index < -0.39 is 0 Å². The lowest BCUT2D eigenvalue weighted by atomic mass is 9.98. The highest BCUT2D eigenvalue weighted by Crippen LogP contribution is 2.45. The van der Waals surface area contributed by atoms with Crippen molar-refractivity contribution >= 4 is 21.8 Å². The molecule has 0 atom stereocenters. The molecule has 5 aromatic rings. The highest BCUT2D eigenvalue weighted by atomic mass is 15.0. The van der Waals surface area contributed by atoms with Gasteiger partial charge in [0, 0.05) is 33.7 Å². The summed E-state index contributed by atoms with van der Waals surface area (Å²) in [6, 6.07) is 28.0. The van der Waals surface area contributed by atoms with Crippen LogP contribution in [0, 0.1) is 0 Å². The molecule has 0 radical (unpaired) electrons. The van der Waals surface area contributed by atoms with Gasteiger partial charge >= 0.3 is 0 Å². The van der Waals surface area contributed by atoms with E-state index >= 15 is 0 Å². The molecule has 3 aromatic carbocycles. The molecule has 1 aliphatic heterocycles. The third-order valence-electron chi connectivity index (χ3n) is 5.19. The lowest BCUT2D eigenvalue weighted by Crippen LogP contribution is -1.95. The molecule has 0 spiro atoms. The maximum Gasteiger partial charge on any atom is 0.0802 e. The van der Waals surface area contributed by atoms with Crippen molar-refractivity contribution in [3.8, 4) is 28.1 Å². The Hall–Kier alpha value is -3.39. The van der Waals surface area contributed by atoms with Crippen molar-refractivity contribution in [3.05, 3.63) is 85.1 Å². The number of pyridine rings is 1. The molecule has 2 heteroatoms. The van der Waals surface area contributed by atoms with Crippen molar-refractivity contribution in [1.29, 1.82) is 0 Å². The topological polar surface area (TPSA) is 17.8 Å². The summed E-state index contributed by atoms with van der Waals surface area (Å²) >= 11 is 0. The smallest absolute Gasteiger partial charge is 0.0802 e. The molecule has 0 amide bonds. The van der Waals surface area contributed by atoms with Gasteiger partial charge in [0.2, 0.25) is 0 Å². The minimum Gasteiger partial charge on any atom is -0.308 e. The molecule has 1 aliphatic rings. The third kappa shape index (κ3) is 1.56. The molecular weight excluding hydrogens is 304 g/mol. The SMILES string of the molecule is c1ccc2c(c1)-c1cccnc1-c1cccc3c4ccccc4n-2c13. The minimum atomic E-state index is 1.06. The van der Waals surface area contributed by atoms with Crippen LogP contribution in [0.4, 0.5) is 0 Å². The monoisotopic (exact) mass is 318 g/mol. The summed E-state index contributed by atoms with van der Waals surface area (Å²) in [5.41, 5.74) is 8.37. The lowest BCUT2D eigenvalue weighted by molar-refractivity contribution is 1.19. The van der Waals surface area contributed by atoms with Crippen molar-refractivity contribution in [2.45, 2.75) is 0 Å². The molecular formula is C23H14N2. The van der Waals surface area contributed by atoms with Gasteiger partial charge in [-0.25, -0.2) is 0 Å². The summed E-state index contributed by atoms with van der Waals surface area (Å²) in [5.74, 6) is 0. The number of hydrogen-bond acceptors (Lipinski definition) is 1. The predicted octanol–water partition coefficient (Wildman–Crippen LogP) is 5.83. The Balaban J connectivity index is 1.99. The average Bonchev–Trinajstić information content (AvgIpc) is 2.96. The zero-order valence-electron chi connectivity index (χ0n) is 13.5. The van der Waals surface area contributed by atoms with Gasteiger partial charge < -0.3 is 4.57 Å². The molecule has 0 saturated carbocycles. The van der Waals surface area contributed by atoms with E-state index in [1.807, 2.05) is 12.3 Å². The average molecular weight is 318 g/mol. The van der Waals surface area contributed by atoms with Crippen LogP contribution in [0.1, 0.15) is 0 Å². The molecule has 2 aromatic heterocycles. The van der Waals surface area contributed by atoms with Gasteiger partial charge in [0.15, 0.2) is 0 Å². The van der Waals surface area contributed by atoms with E-state index in [-0.39, 0.29) is 0 Å². The summed E-state index contributed by atoms with van der Waals surface area (Å²) < 4.78 is 2.40. The molecule has 0 unspecified atom stereocenters. The Morgan fingerprint density at radius 1 is 0.600 bits per heavy atom. The van der Waals surface area contributed by atoms with Gasteiger partial charge in [0.05, 0.1) is 22.4 Å². The number of nitrogens with zero attached hydrogens (tertiary/aromatic N) is 2. The predicted molar refractivity (Wildman–Crippen MR) is 103 cm³/mol. The fraction of sp³-hybridized carbons (Fsp3) is 0. The van der Waals surface area contributed by atoms with Crippen LogP contribution >= 0.6 is 0 Å². The van der Waals surface area contributed by atoms with E-state index in [1.165, 1.54) is 44.2 Å². The maximum absolute atomic E-state index is 4.76. The first-order chi connectivity index (χ1) is 12.4. The second-order valence-electron chi connectivity index (χ2n) is 6.47. The van der Waals surface area contributed by atoms with Crippen molar-refractivity contribution in [2.75, 3.05) is 0 Å². The van der Waals surface area contributed by atoms with Crippen LogP contribution in [0.3, 0.4) is 0 Å². The number of aromatic nitrogens is 2. The molecule has 25 heavy (non-hydrogen) atoms. The first-order valence-corrected chi connectivity index (χ1v) is 8.51. The Morgan fingerprint density at radius 3 is 2.36 bits per heavy atom. The number of para-hydroxylation sites is 3. The van der Waals surface area contributed by atoms with Crippen molar-refractivity contribution < 1.29 is 0 Å². The van der Waals surface area contributed by atoms with Gasteiger partial charge in [-0.3, -0.25) is 4.98 Å². The zero-order chi connectivity index (χ0) is 16.4. The Morgan fingerprint density at radius 2 is 1.36 bits per heavy atom. The summed E-state index contributed by atoms with van der Waals surface area (Å²) in [4.78, 5) is 4.76. The second kappa shape index (κ2) is 4.58. The van der Waals surface area contributed by atoms with Crippen molar-refractivity contribution in [3.63, 3.8) is 0 Å². The van der Waals surface area contributed by atoms with Gasteiger partial charge in [-0.1, -0.05) is 60.7 Å². The van der Waals surface area contributed by atoms with E-state index in [2.05, 4.69) is 77.4 Å². The standard InChI is InChI=1S/C23H14N2/c1-3-12-20-15(7-1)17-11-6-14-24-22(17)19-10-5-9-18-16-8-2-4-13-21(16)25(20)23(18)19/h1-14H. The Bertz CT molecular complexity index is 1290. The van der Waals surface area contributed by atoms with Crippen molar-refractivity contribution in [1.82, 2.24) is 9.55 Å². The van der Waals surface area contributed by atoms with Crippen LogP contribution in [-0.2, 0) is 0 Å². The van der Waals surface area contributed by atoms with Crippen LogP contribution < -0.4 is 0 Å². The Labute approximate surface area is 145 Å². The van der Waals surface area contributed by atoms with Crippen LogP contribution in [0.5, 0.6) is 0 Å². The van der Waals surface area contributed by atoms with Gasteiger partial charge in [-0.15, -0.1) is 0 Å². The Kier molecular flexibility index (Phi) is 2.37. The van der Waals surface area contributed by atoms with E-state index in [1.54, 1.807) is 0 Å². The quantitative estimate of drug-likeness (QED) is 0.345. The van der Waals surface area contributed by atoms with E-state index in [9.17, 15) is 0 Å². The largest absolute Gasteiger partial charge is 0.308 e. The van der Waals surface area contributed by atoms with Crippen molar-refractivity contribution in [2.24, 2.45) is 0 Å². The van der Waals surface area contributed by atoms with Gasteiger partial charge in [0.1, 0.15) is 0 Å². The summed E-state index contributed by atoms with van der Waals surface area (Å²) in [6.45, 7) is 0. The van der Waals surface area contributed by atoms with Crippen LogP contribution in [0.15, 0.2) is 85.1 Å². The number of benzene rings is 3. The first kappa shape index (κ1) is 13.0. The van der Waals surface area contributed by atoms with E-state index in [4.69, 9.17) is 4.98 Å². The zero-order valence-corrected chi connectivity index (χ0v) is 13.5. The molecule has 0 saturated heterocycles. The minimum absolute atomic E-state index is 1.06. The van der Waals surface area contributed by atoms with Crippen LogP contribution in [0.25, 0.3) is 49.9 Å². The molecule has 2 nitrogen and oxygen atoms in total. The van der Waals surface area contributed by atoms with E-state index in [0.29, 0.717) is 0 Å². The number of rotatable bonds is 0. The molecule has 116 valence electrons. The van der Waals surface area contributed by atoms with Gasteiger partial charge in [-0.2, -0.15) is 0 Å². The van der Waals surface area contributed by atoms with Gasteiger partial charge in [0.25, 0.3) is 0 Å². The van der Waals surface area contributed by atoms with Gasteiger partial charge in [-0.05, 0) is 18.2 Å². The summed E-state index contributed by atoms with van der Waals surface area (Å²) in [6.07, 6.45) is 1.89. The number of fused-ring (bicyclic) bond motifs is 8. The third-order valence-corrected chi connectivity index (χ3v) is 5.19. The molecule has 3 heterocycles. The molecule has 0 aliphatic carbocycles. The van der Waals surface area contributed by atoms with E-state index in [0.717, 1.165) is 5.69 Å². The normalized spacial score (nSPS) is 12.0. The molecule has 6 rings (SSSR count). The molecule has 0 fully saturated rings. The molecule has 0 N–H and O–H groups in total. The highest BCUT2D eigenvalue weighted by molar-refractivity contribution is 6.15. The summed E-state index contributed by atoms with van der Waals surface area (Å²) in [5, 5.41) is 2.56. The maximum atomic E-state index is 4.76. The van der Waals surface area contributed by atoms with Crippen LogP contribution in [0.2, 0.25) is 0 Å².